The maximum Gasteiger partial charge on any atom is 0.270 e. The molecular formula is C12H20N4O. The zero-order valence-electron chi connectivity index (χ0n) is 10.6. The Morgan fingerprint density at radius 2 is 2.24 bits per heavy atom. The highest BCUT2D eigenvalue weighted by atomic mass is 16.2. The zero-order chi connectivity index (χ0) is 12.6. The standard InChI is InChI=1S/C12H20N4O/c1-8-6-16(7-11(8)15(2)3)12(17)10-4-9(13)5-14-10/h4-5,8,11,14H,6-7,13H2,1-3H3. The number of amides is 1. The van der Waals surface area contributed by atoms with Gasteiger partial charge in [-0.25, -0.2) is 0 Å². The molecule has 2 heterocycles. The third-order valence-electron chi connectivity index (χ3n) is 3.46. The second kappa shape index (κ2) is 4.41. The van der Waals surface area contributed by atoms with Crippen LogP contribution in [0.3, 0.4) is 0 Å². The van der Waals surface area contributed by atoms with Crippen molar-refractivity contribution >= 4 is 11.6 Å². The van der Waals surface area contributed by atoms with Gasteiger partial charge in [0.1, 0.15) is 5.69 Å². The van der Waals surface area contributed by atoms with Crippen molar-refractivity contribution in [2.75, 3.05) is 32.9 Å². The summed E-state index contributed by atoms with van der Waals surface area (Å²) in [6.07, 6.45) is 1.65. The van der Waals surface area contributed by atoms with Crippen LogP contribution in [0, 0.1) is 5.92 Å². The summed E-state index contributed by atoms with van der Waals surface area (Å²) in [4.78, 5) is 19.2. The first kappa shape index (κ1) is 12.0. The molecule has 2 atom stereocenters. The molecule has 5 nitrogen and oxygen atoms in total. The van der Waals surface area contributed by atoms with Crippen LogP contribution in [0.4, 0.5) is 5.69 Å². The van der Waals surface area contributed by atoms with Crippen LogP contribution in [-0.4, -0.2) is 53.9 Å². The second-order valence-electron chi connectivity index (χ2n) is 5.07. The van der Waals surface area contributed by atoms with Gasteiger partial charge in [0.05, 0.1) is 0 Å². The van der Waals surface area contributed by atoms with Crippen LogP contribution < -0.4 is 5.73 Å². The van der Waals surface area contributed by atoms with E-state index in [1.54, 1.807) is 12.3 Å². The monoisotopic (exact) mass is 236 g/mol. The summed E-state index contributed by atoms with van der Waals surface area (Å²) in [7, 11) is 4.11. The van der Waals surface area contributed by atoms with Crippen LogP contribution in [0.5, 0.6) is 0 Å². The van der Waals surface area contributed by atoms with Crippen molar-refractivity contribution in [1.29, 1.82) is 0 Å². The maximum atomic E-state index is 12.2. The summed E-state index contributed by atoms with van der Waals surface area (Å²) in [5.74, 6) is 0.541. The minimum atomic E-state index is 0.0397. The summed E-state index contributed by atoms with van der Waals surface area (Å²) < 4.78 is 0. The number of likely N-dealkylation sites (tertiary alicyclic amines) is 1. The summed E-state index contributed by atoms with van der Waals surface area (Å²) in [5.41, 5.74) is 6.79. The molecule has 0 aromatic carbocycles. The van der Waals surface area contributed by atoms with Crippen LogP contribution in [0.25, 0.3) is 0 Å². The third kappa shape index (κ3) is 2.29. The number of nitrogens with one attached hydrogen (secondary N) is 1. The second-order valence-corrected chi connectivity index (χ2v) is 5.07. The fourth-order valence-corrected chi connectivity index (χ4v) is 2.49. The van der Waals surface area contributed by atoms with Crippen molar-refractivity contribution in [1.82, 2.24) is 14.8 Å². The lowest BCUT2D eigenvalue weighted by molar-refractivity contribution is 0.0776. The molecule has 1 aliphatic rings. The molecule has 0 saturated carbocycles. The molecule has 0 spiro atoms. The molecule has 1 fully saturated rings. The Bertz CT molecular complexity index is 412. The number of likely N-dealkylation sites (N-methyl/N-ethyl adjacent to an activating group) is 1. The van der Waals surface area contributed by atoms with E-state index in [0.29, 0.717) is 23.3 Å². The van der Waals surface area contributed by atoms with Crippen molar-refractivity contribution in [3.05, 3.63) is 18.0 Å². The lowest BCUT2D eigenvalue weighted by Gasteiger charge is -2.22. The van der Waals surface area contributed by atoms with Gasteiger partial charge in [-0.3, -0.25) is 4.79 Å². The van der Waals surface area contributed by atoms with E-state index in [1.165, 1.54) is 0 Å². The number of carbonyl (C=O) groups is 1. The Balaban J connectivity index is 2.08. The number of hydrogen-bond acceptors (Lipinski definition) is 3. The molecule has 17 heavy (non-hydrogen) atoms. The number of hydrogen-bond donors (Lipinski definition) is 2. The lowest BCUT2D eigenvalue weighted by Crippen LogP contribution is -2.35. The van der Waals surface area contributed by atoms with Gasteiger partial charge in [-0.2, -0.15) is 0 Å². The van der Waals surface area contributed by atoms with Gasteiger partial charge in [0, 0.05) is 31.0 Å². The number of nitrogens with zero attached hydrogens (tertiary/aromatic N) is 2. The summed E-state index contributed by atoms with van der Waals surface area (Å²) >= 11 is 0. The van der Waals surface area contributed by atoms with Crippen LogP contribution in [0.15, 0.2) is 12.3 Å². The average molecular weight is 236 g/mol. The lowest BCUT2D eigenvalue weighted by atomic mass is 10.1. The fraction of sp³-hybridized carbons (Fsp3) is 0.583. The third-order valence-corrected chi connectivity index (χ3v) is 3.46. The minimum Gasteiger partial charge on any atom is -0.397 e. The topological polar surface area (TPSA) is 65.4 Å². The molecule has 5 heteroatoms. The first-order valence-corrected chi connectivity index (χ1v) is 5.88. The van der Waals surface area contributed by atoms with Crippen LogP contribution in [0.1, 0.15) is 17.4 Å². The van der Waals surface area contributed by atoms with Crippen molar-refractivity contribution in [2.24, 2.45) is 5.92 Å². The molecule has 0 bridgehead atoms. The van der Waals surface area contributed by atoms with Crippen LogP contribution in [-0.2, 0) is 0 Å². The Kier molecular flexibility index (Phi) is 3.11. The number of carbonyl (C=O) groups excluding carboxylic acids is 1. The first-order chi connectivity index (χ1) is 7.99. The summed E-state index contributed by atoms with van der Waals surface area (Å²) in [5, 5.41) is 0. The molecule has 1 amide bonds. The van der Waals surface area contributed by atoms with Crippen LogP contribution in [0.2, 0.25) is 0 Å². The van der Waals surface area contributed by atoms with E-state index < -0.39 is 0 Å². The smallest absolute Gasteiger partial charge is 0.270 e. The van der Waals surface area contributed by atoms with E-state index in [0.717, 1.165) is 13.1 Å². The van der Waals surface area contributed by atoms with E-state index >= 15 is 0 Å². The predicted molar refractivity (Wildman–Crippen MR) is 67.7 cm³/mol. The highest BCUT2D eigenvalue weighted by Crippen LogP contribution is 2.21. The molecule has 94 valence electrons. The van der Waals surface area contributed by atoms with Gasteiger partial charge in [0.2, 0.25) is 0 Å². The largest absolute Gasteiger partial charge is 0.397 e. The van der Waals surface area contributed by atoms with E-state index in [9.17, 15) is 4.79 Å². The summed E-state index contributed by atoms with van der Waals surface area (Å²) in [6.45, 7) is 3.77. The predicted octanol–water partition coefficient (Wildman–Crippen LogP) is 0.619. The van der Waals surface area contributed by atoms with Gasteiger partial charge in [-0.05, 0) is 26.1 Å². The number of nitrogens with two attached hydrogens (primary N) is 1. The molecule has 3 N–H and O–H groups in total. The molecule has 0 aliphatic carbocycles. The number of aromatic amines is 1. The molecule has 1 aromatic heterocycles. The van der Waals surface area contributed by atoms with Crippen molar-refractivity contribution in [3.8, 4) is 0 Å². The molecule has 1 aliphatic heterocycles. The Morgan fingerprint density at radius 3 is 2.71 bits per heavy atom. The Hall–Kier alpha value is -1.49. The van der Waals surface area contributed by atoms with Crippen molar-refractivity contribution in [3.63, 3.8) is 0 Å². The normalized spacial score (nSPS) is 24.6. The number of rotatable bonds is 2. The van der Waals surface area contributed by atoms with Gasteiger partial charge in [0.25, 0.3) is 5.91 Å². The van der Waals surface area contributed by atoms with Gasteiger partial charge in [-0.1, -0.05) is 6.92 Å². The highest BCUT2D eigenvalue weighted by Gasteiger charge is 2.34. The number of aromatic nitrogens is 1. The van der Waals surface area contributed by atoms with Crippen molar-refractivity contribution in [2.45, 2.75) is 13.0 Å². The maximum absolute atomic E-state index is 12.2. The van der Waals surface area contributed by atoms with Gasteiger partial charge >= 0.3 is 0 Å². The van der Waals surface area contributed by atoms with Crippen LogP contribution >= 0.6 is 0 Å². The molecular weight excluding hydrogens is 216 g/mol. The molecule has 0 radical (unpaired) electrons. The molecule has 1 saturated heterocycles. The number of anilines is 1. The number of nitrogen functional groups attached to an aromatic ring is 1. The first-order valence-electron chi connectivity index (χ1n) is 5.88. The van der Waals surface area contributed by atoms with Crippen molar-refractivity contribution < 1.29 is 4.79 Å². The van der Waals surface area contributed by atoms with E-state index in [1.807, 2.05) is 4.90 Å². The minimum absolute atomic E-state index is 0.0397. The Morgan fingerprint density at radius 1 is 1.53 bits per heavy atom. The van der Waals surface area contributed by atoms with Gasteiger partial charge in [0.15, 0.2) is 0 Å². The van der Waals surface area contributed by atoms with E-state index in [4.69, 9.17) is 5.73 Å². The van der Waals surface area contributed by atoms with E-state index in [2.05, 4.69) is 30.9 Å². The molecule has 1 aromatic rings. The van der Waals surface area contributed by atoms with Gasteiger partial charge < -0.3 is 20.5 Å². The van der Waals surface area contributed by atoms with Gasteiger partial charge in [-0.15, -0.1) is 0 Å². The SMILES string of the molecule is CC1CN(C(=O)c2cc(N)c[nH]2)CC1N(C)C. The average Bonchev–Trinajstić information content (AvgIpc) is 2.83. The number of H-pyrrole nitrogens is 1. The van der Waals surface area contributed by atoms with E-state index in [-0.39, 0.29) is 5.91 Å². The summed E-state index contributed by atoms with van der Waals surface area (Å²) in [6, 6.07) is 2.13. The molecule has 2 unspecified atom stereocenters. The fourth-order valence-electron chi connectivity index (χ4n) is 2.49. The Labute approximate surface area is 102 Å². The highest BCUT2D eigenvalue weighted by molar-refractivity contribution is 5.93. The molecule has 2 rings (SSSR count). The zero-order valence-corrected chi connectivity index (χ0v) is 10.6. The quantitative estimate of drug-likeness (QED) is 0.791.